The number of carbonyl (C=O) groups is 2. The number of benzene rings is 2. The summed E-state index contributed by atoms with van der Waals surface area (Å²) >= 11 is 0. The van der Waals surface area contributed by atoms with E-state index in [9.17, 15) is 19.8 Å². The highest BCUT2D eigenvalue weighted by Gasteiger charge is 2.54. The Kier molecular flexibility index (Phi) is 5.10. The second kappa shape index (κ2) is 7.69. The zero-order valence-electron chi connectivity index (χ0n) is 14.6. The van der Waals surface area contributed by atoms with Crippen molar-refractivity contribution in [3.63, 3.8) is 0 Å². The number of carboxylic acid groups (broad SMARTS) is 2. The first-order valence-electron chi connectivity index (χ1n) is 8.72. The van der Waals surface area contributed by atoms with Crippen LogP contribution in [0.15, 0.2) is 60.7 Å². The van der Waals surface area contributed by atoms with Crippen molar-refractivity contribution in [3.05, 3.63) is 71.8 Å². The van der Waals surface area contributed by atoms with Crippen LogP contribution in [0.25, 0.3) is 0 Å². The van der Waals surface area contributed by atoms with E-state index in [-0.39, 0.29) is 0 Å². The van der Waals surface area contributed by atoms with Crippen molar-refractivity contribution in [2.45, 2.75) is 37.0 Å². The van der Waals surface area contributed by atoms with Gasteiger partial charge < -0.3 is 29.2 Å². The summed E-state index contributed by atoms with van der Waals surface area (Å²) in [5.41, 5.74) is 1.14. The van der Waals surface area contributed by atoms with Crippen LogP contribution < -0.4 is 0 Å². The highest BCUT2D eigenvalue weighted by atomic mass is 16.8. The van der Waals surface area contributed by atoms with Crippen molar-refractivity contribution < 1.29 is 38.7 Å². The topological polar surface area (TPSA) is 112 Å². The first-order valence-corrected chi connectivity index (χ1v) is 8.72. The summed E-state index contributed by atoms with van der Waals surface area (Å²) in [6, 6.07) is 17.4. The molecule has 0 amide bonds. The predicted octanol–water partition coefficient (Wildman–Crippen LogP) is 2.12. The Hall–Kier alpha value is -2.78. The third kappa shape index (κ3) is 3.50. The van der Waals surface area contributed by atoms with Gasteiger partial charge in [0.25, 0.3) is 0 Å². The quantitative estimate of drug-likeness (QED) is 0.822. The van der Waals surface area contributed by atoms with Crippen molar-refractivity contribution in [2.75, 3.05) is 0 Å². The molecule has 0 radical (unpaired) electrons. The molecule has 2 aromatic carbocycles. The van der Waals surface area contributed by atoms with Crippen LogP contribution in [0.4, 0.5) is 0 Å². The lowest BCUT2D eigenvalue weighted by Crippen LogP contribution is -2.61. The number of hydrogen-bond acceptors (Lipinski definition) is 6. The van der Waals surface area contributed by atoms with Crippen LogP contribution in [0.5, 0.6) is 0 Å². The lowest BCUT2D eigenvalue weighted by molar-refractivity contribution is -0.373. The molecule has 8 nitrogen and oxygen atoms in total. The normalized spacial score (nSPS) is 32.3. The Morgan fingerprint density at radius 3 is 1.29 bits per heavy atom. The Morgan fingerprint density at radius 1 is 0.607 bits per heavy atom. The molecule has 2 aliphatic heterocycles. The van der Waals surface area contributed by atoms with Gasteiger partial charge in [-0.3, -0.25) is 0 Å². The molecule has 2 aliphatic rings. The van der Waals surface area contributed by atoms with Crippen LogP contribution in [0.3, 0.4) is 0 Å². The van der Waals surface area contributed by atoms with Gasteiger partial charge in [0.2, 0.25) is 0 Å². The molecule has 2 saturated heterocycles. The van der Waals surface area contributed by atoms with Crippen LogP contribution >= 0.6 is 0 Å². The third-order valence-corrected chi connectivity index (χ3v) is 4.65. The lowest BCUT2D eigenvalue weighted by Gasteiger charge is -2.46. The van der Waals surface area contributed by atoms with E-state index in [1.165, 1.54) is 0 Å². The molecule has 0 spiro atoms. The Morgan fingerprint density at radius 2 is 0.964 bits per heavy atom. The maximum atomic E-state index is 11.9. The molecule has 0 unspecified atom stereocenters. The van der Waals surface area contributed by atoms with Gasteiger partial charge in [-0.25, -0.2) is 9.59 Å². The SMILES string of the molecule is O=C(O)[C@H]1O[C@@H](c2ccccc2)O[C@H]2[C@H]1O[C@H](c1ccccc1)O[C@H]2C(=O)O. The summed E-state index contributed by atoms with van der Waals surface area (Å²) < 4.78 is 22.8. The number of rotatable bonds is 4. The fourth-order valence-corrected chi connectivity index (χ4v) is 3.34. The van der Waals surface area contributed by atoms with E-state index >= 15 is 0 Å². The molecular formula is C20H18O8. The van der Waals surface area contributed by atoms with Crippen LogP contribution in [-0.4, -0.2) is 46.6 Å². The molecule has 2 heterocycles. The summed E-state index contributed by atoms with van der Waals surface area (Å²) in [5, 5.41) is 19.3. The first-order chi connectivity index (χ1) is 13.5. The van der Waals surface area contributed by atoms with Crippen LogP contribution in [0, 0.1) is 0 Å². The monoisotopic (exact) mass is 386 g/mol. The van der Waals surface area contributed by atoms with Crippen molar-refractivity contribution in [1.82, 2.24) is 0 Å². The molecule has 28 heavy (non-hydrogen) atoms. The molecule has 6 atom stereocenters. The molecule has 0 aliphatic carbocycles. The fourth-order valence-electron chi connectivity index (χ4n) is 3.34. The van der Waals surface area contributed by atoms with Crippen molar-refractivity contribution in [1.29, 1.82) is 0 Å². The summed E-state index contributed by atoms with van der Waals surface area (Å²) in [7, 11) is 0. The Bertz CT molecular complexity index is 768. The van der Waals surface area contributed by atoms with Gasteiger partial charge in [0.05, 0.1) is 0 Å². The third-order valence-electron chi connectivity index (χ3n) is 4.65. The van der Waals surface area contributed by atoms with Crippen molar-refractivity contribution in [3.8, 4) is 0 Å². The second-order valence-corrected chi connectivity index (χ2v) is 6.48. The van der Waals surface area contributed by atoms with Gasteiger partial charge in [-0.1, -0.05) is 60.7 Å². The molecule has 0 saturated carbocycles. The fraction of sp³-hybridized carbons (Fsp3) is 0.300. The minimum atomic E-state index is -1.42. The molecular weight excluding hydrogens is 368 g/mol. The van der Waals surface area contributed by atoms with Gasteiger partial charge >= 0.3 is 11.9 Å². The number of fused-ring (bicyclic) bond motifs is 1. The largest absolute Gasteiger partial charge is 0.479 e. The smallest absolute Gasteiger partial charge is 0.335 e. The molecule has 0 aromatic heterocycles. The summed E-state index contributed by atoms with van der Waals surface area (Å²) in [6.45, 7) is 0. The van der Waals surface area contributed by atoms with E-state index in [2.05, 4.69) is 0 Å². The van der Waals surface area contributed by atoms with Gasteiger partial charge in [-0.2, -0.15) is 0 Å². The minimum absolute atomic E-state index is 0.571. The highest BCUT2D eigenvalue weighted by Crippen LogP contribution is 2.40. The van der Waals surface area contributed by atoms with Crippen LogP contribution in [-0.2, 0) is 28.5 Å². The maximum absolute atomic E-state index is 11.9. The summed E-state index contributed by atoms with van der Waals surface area (Å²) in [5.74, 6) is -2.53. The van der Waals surface area contributed by atoms with E-state index in [0.29, 0.717) is 11.1 Å². The van der Waals surface area contributed by atoms with Gasteiger partial charge in [-0.15, -0.1) is 0 Å². The summed E-state index contributed by atoms with van der Waals surface area (Å²) in [4.78, 5) is 23.7. The van der Waals surface area contributed by atoms with Gasteiger partial charge in [0.1, 0.15) is 12.2 Å². The molecule has 8 heteroatoms. The maximum Gasteiger partial charge on any atom is 0.335 e. The average Bonchev–Trinajstić information content (AvgIpc) is 2.73. The van der Waals surface area contributed by atoms with E-state index in [0.717, 1.165) is 0 Å². The number of ether oxygens (including phenoxy) is 4. The second-order valence-electron chi connectivity index (χ2n) is 6.48. The van der Waals surface area contributed by atoms with E-state index in [4.69, 9.17) is 18.9 Å². The number of carboxylic acids is 2. The van der Waals surface area contributed by atoms with Crippen molar-refractivity contribution in [2.24, 2.45) is 0 Å². The standard InChI is InChI=1S/C20H18O8/c21-17(22)15-14-13(25-19(27-15)11-7-3-1-4-8-11)16(18(23)24)28-20(26-14)12-9-5-2-6-10-12/h1-10,13-16,19-20H,(H,21,22)(H,23,24)/t13-,14+,15-,16+,19-,20-/m0/s1. The molecule has 0 bridgehead atoms. The zero-order valence-corrected chi connectivity index (χ0v) is 14.6. The molecule has 2 fully saturated rings. The Labute approximate surface area is 160 Å². The van der Waals surface area contributed by atoms with E-state index < -0.39 is 48.9 Å². The first kappa shape index (κ1) is 18.6. The van der Waals surface area contributed by atoms with Crippen LogP contribution in [0.2, 0.25) is 0 Å². The van der Waals surface area contributed by atoms with Crippen molar-refractivity contribution >= 4 is 11.9 Å². The minimum Gasteiger partial charge on any atom is -0.479 e. The molecule has 146 valence electrons. The zero-order chi connectivity index (χ0) is 19.7. The summed E-state index contributed by atoms with van der Waals surface area (Å²) in [6.07, 6.45) is -7.24. The average molecular weight is 386 g/mol. The Balaban J connectivity index is 1.67. The number of hydrogen-bond donors (Lipinski definition) is 2. The van der Waals surface area contributed by atoms with E-state index in [1.807, 2.05) is 0 Å². The van der Waals surface area contributed by atoms with Gasteiger partial charge in [-0.05, 0) is 0 Å². The lowest BCUT2D eigenvalue weighted by atomic mass is 9.98. The molecule has 2 aromatic rings. The van der Waals surface area contributed by atoms with Gasteiger partial charge in [0, 0.05) is 11.1 Å². The highest BCUT2D eigenvalue weighted by molar-refractivity contribution is 5.76. The van der Waals surface area contributed by atoms with E-state index in [1.54, 1.807) is 60.7 Å². The predicted molar refractivity (Wildman–Crippen MR) is 93.1 cm³/mol. The number of aliphatic carboxylic acids is 2. The molecule has 4 rings (SSSR count). The van der Waals surface area contributed by atoms with Gasteiger partial charge in [0.15, 0.2) is 24.8 Å². The molecule has 2 N–H and O–H groups in total. The van der Waals surface area contributed by atoms with Crippen LogP contribution in [0.1, 0.15) is 23.7 Å².